The van der Waals surface area contributed by atoms with Crippen molar-refractivity contribution in [1.82, 2.24) is 4.57 Å². The number of allylic oxidation sites excluding steroid dienone is 1. The summed E-state index contributed by atoms with van der Waals surface area (Å²) in [6.45, 7) is 1.31. The molecule has 0 aliphatic rings. The maximum absolute atomic E-state index is 13.4. The minimum absolute atomic E-state index is 0.330. The van der Waals surface area contributed by atoms with Gasteiger partial charge in [0.25, 0.3) is 0 Å². The second kappa shape index (κ2) is 10.5. The molecule has 1 aromatic heterocycles. The first-order valence-corrected chi connectivity index (χ1v) is 13.0. The molecule has 3 aromatic carbocycles. The Morgan fingerprint density at radius 1 is 0.743 bits per heavy atom. The van der Waals surface area contributed by atoms with Gasteiger partial charge in [-0.25, -0.2) is 4.79 Å². The van der Waals surface area contributed by atoms with Crippen LogP contribution in [0.25, 0.3) is 0 Å². The van der Waals surface area contributed by atoms with Crippen molar-refractivity contribution >= 4 is 34.9 Å². The van der Waals surface area contributed by atoms with E-state index in [9.17, 15) is 14.7 Å². The zero-order chi connectivity index (χ0) is 24.8. The van der Waals surface area contributed by atoms with E-state index in [1.165, 1.54) is 14.0 Å². The molecule has 1 heterocycles. The van der Waals surface area contributed by atoms with Gasteiger partial charge in [0.15, 0.2) is 17.1 Å². The number of hydrogen-bond donors (Lipinski definition) is 1. The fourth-order valence-electron chi connectivity index (χ4n) is 4.48. The van der Waals surface area contributed by atoms with Crippen LogP contribution in [-0.4, -0.2) is 28.5 Å². The molecule has 0 bridgehead atoms. The molecule has 4 rings (SSSR count). The van der Waals surface area contributed by atoms with E-state index in [1.54, 1.807) is 29.1 Å². The lowest BCUT2D eigenvalue weighted by Gasteiger charge is -2.33. The van der Waals surface area contributed by atoms with Crippen molar-refractivity contribution in [3.63, 3.8) is 0 Å². The van der Waals surface area contributed by atoms with E-state index in [-0.39, 0.29) is 0 Å². The molecule has 1 atom stereocenters. The second-order valence-electron chi connectivity index (χ2n) is 8.02. The third-order valence-electron chi connectivity index (χ3n) is 5.98. The van der Waals surface area contributed by atoms with Crippen molar-refractivity contribution in [2.24, 2.45) is 0 Å². The molecule has 4 aromatic rings. The Morgan fingerprint density at radius 3 is 1.49 bits per heavy atom. The van der Waals surface area contributed by atoms with E-state index in [4.69, 9.17) is 4.74 Å². The SMILES string of the molecule is COC(=O)C(/C(=C(/O)C(C)=O)[P+](c1ccccc1)(c1ccccc1)c1ccccc1)n1cccc1. The standard InChI is InChI=1S/C29H26NO4P/c1-22(31)27(32)28(26(29(33)34-2)30-20-12-13-21-30)35(23-14-6-3-7-15-23,24-16-8-4-9-17-24)25-18-10-5-11-19-25/h3-21,26H,1-2H3/p+1/b28-27-. The average molecular weight is 485 g/mol. The Labute approximate surface area is 205 Å². The Hall–Kier alpha value is -3.95. The number of methoxy groups -OCH3 is 1. The first-order valence-electron chi connectivity index (χ1n) is 11.2. The maximum atomic E-state index is 13.4. The third kappa shape index (κ3) is 4.43. The molecule has 0 fully saturated rings. The molecule has 176 valence electrons. The van der Waals surface area contributed by atoms with Gasteiger partial charge in [-0.1, -0.05) is 54.6 Å². The van der Waals surface area contributed by atoms with Gasteiger partial charge in [-0.05, 0) is 48.5 Å². The van der Waals surface area contributed by atoms with Crippen LogP contribution in [0.2, 0.25) is 0 Å². The molecular formula is C29H27NO4P+. The van der Waals surface area contributed by atoms with Gasteiger partial charge in [-0.3, -0.25) is 4.79 Å². The first kappa shape index (κ1) is 24.2. The molecule has 35 heavy (non-hydrogen) atoms. The topological polar surface area (TPSA) is 68.5 Å². The van der Waals surface area contributed by atoms with Crippen molar-refractivity contribution in [2.45, 2.75) is 13.0 Å². The summed E-state index contributed by atoms with van der Waals surface area (Å²) >= 11 is 0. The zero-order valence-electron chi connectivity index (χ0n) is 19.6. The predicted molar refractivity (Wildman–Crippen MR) is 141 cm³/mol. The average Bonchev–Trinajstić information content (AvgIpc) is 3.44. The van der Waals surface area contributed by atoms with Crippen LogP contribution >= 0.6 is 7.26 Å². The van der Waals surface area contributed by atoms with Crippen LogP contribution in [0, 0.1) is 0 Å². The number of aliphatic hydroxyl groups is 1. The highest BCUT2D eigenvalue weighted by Crippen LogP contribution is 2.66. The van der Waals surface area contributed by atoms with Crippen LogP contribution in [0.1, 0.15) is 13.0 Å². The summed E-state index contributed by atoms with van der Waals surface area (Å²) in [5, 5.41) is 14.6. The summed E-state index contributed by atoms with van der Waals surface area (Å²) in [5.41, 5.74) is 0. The molecule has 0 aliphatic heterocycles. The Kier molecular flexibility index (Phi) is 7.28. The number of esters is 1. The number of hydrogen-bond acceptors (Lipinski definition) is 4. The number of Topliss-reactive ketones (excluding diaryl/α,β-unsaturated/α-hetero) is 1. The van der Waals surface area contributed by atoms with Gasteiger partial charge in [0.1, 0.15) is 23.2 Å². The molecule has 0 amide bonds. The molecule has 0 saturated carbocycles. The minimum Gasteiger partial charge on any atom is -0.502 e. The van der Waals surface area contributed by atoms with Crippen LogP contribution in [-0.2, 0) is 14.3 Å². The van der Waals surface area contributed by atoms with Crippen molar-refractivity contribution < 1.29 is 19.4 Å². The van der Waals surface area contributed by atoms with Crippen LogP contribution in [0.3, 0.4) is 0 Å². The van der Waals surface area contributed by atoms with Crippen LogP contribution in [0.4, 0.5) is 0 Å². The summed E-state index contributed by atoms with van der Waals surface area (Å²) < 4.78 is 6.94. The number of aromatic nitrogens is 1. The third-order valence-corrected chi connectivity index (χ3v) is 10.4. The van der Waals surface area contributed by atoms with Crippen molar-refractivity contribution in [3.8, 4) is 0 Å². The minimum atomic E-state index is -2.95. The number of carbonyl (C=O) groups excluding carboxylic acids is 2. The highest BCUT2D eigenvalue weighted by Gasteiger charge is 2.56. The van der Waals surface area contributed by atoms with Gasteiger partial charge in [-0.2, -0.15) is 0 Å². The van der Waals surface area contributed by atoms with E-state index >= 15 is 0 Å². The largest absolute Gasteiger partial charge is 0.502 e. The fraction of sp³-hybridized carbons (Fsp3) is 0.103. The van der Waals surface area contributed by atoms with Gasteiger partial charge in [0.05, 0.1) is 7.11 Å². The monoisotopic (exact) mass is 484 g/mol. The molecule has 6 heteroatoms. The second-order valence-corrected chi connectivity index (χ2v) is 11.4. The van der Waals surface area contributed by atoms with Gasteiger partial charge in [-0.15, -0.1) is 0 Å². The summed E-state index contributed by atoms with van der Waals surface area (Å²) in [6, 6.07) is 31.8. The molecule has 0 saturated heterocycles. The highest BCUT2D eigenvalue weighted by atomic mass is 31.2. The van der Waals surface area contributed by atoms with Crippen molar-refractivity contribution in [2.75, 3.05) is 7.11 Å². The Morgan fingerprint density at radius 2 is 1.14 bits per heavy atom. The summed E-state index contributed by atoms with van der Waals surface area (Å²) in [7, 11) is -1.64. The number of carbonyl (C=O) groups is 2. The first-order chi connectivity index (χ1) is 17.0. The lowest BCUT2D eigenvalue weighted by molar-refractivity contribution is -0.143. The van der Waals surface area contributed by atoms with Crippen LogP contribution in [0.15, 0.2) is 127 Å². The van der Waals surface area contributed by atoms with Gasteiger partial charge in [0.2, 0.25) is 5.76 Å². The quantitative estimate of drug-likeness (QED) is 0.172. The molecular weight excluding hydrogens is 457 g/mol. The molecule has 1 unspecified atom stereocenters. The van der Waals surface area contributed by atoms with E-state index in [0.717, 1.165) is 15.9 Å². The highest BCUT2D eigenvalue weighted by molar-refractivity contribution is 7.99. The lowest BCUT2D eigenvalue weighted by Crippen LogP contribution is -2.38. The maximum Gasteiger partial charge on any atom is 0.337 e. The predicted octanol–water partition coefficient (Wildman–Crippen LogP) is 4.55. The normalized spacial score (nSPS) is 13.0. The van der Waals surface area contributed by atoms with Gasteiger partial charge >= 0.3 is 5.97 Å². The Balaban J connectivity index is 2.25. The number of nitrogens with zero attached hydrogens (tertiary/aromatic N) is 1. The van der Waals surface area contributed by atoms with Gasteiger partial charge < -0.3 is 14.4 Å². The zero-order valence-corrected chi connectivity index (χ0v) is 20.5. The summed E-state index contributed by atoms with van der Waals surface area (Å²) in [5.74, 6) is -1.52. The van der Waals surface area contributed by atoms with Crippen molar-refractivity contribution in [1.29, 1.82) is 0 Å². The van der Waals surface area contributed by atoms with E-state index in [0.29, 0.717) is 5.31 Å². The van der Waals surface area contributed by atoms with Gasteiger partial charge in [0, 0.05) is 19.3 Å². The van der Waals surface area contributed by atoms with E-state index < -0.39 is 30.8 Å². The smallest absolute Gasteiger partial charge is 0.337 e. The van der Waals surface area contributed by atoms with E-state index in [2.05, 4.69) is 0 Å². The van der Waals surface area contributed by atoms with Crippen LogP contribution in [0.5, 0.6) is 0 Å². The number of benzene rings is 3. The molecule has 0 radical (unpaired) electrons. The molecule has 0 spiro atoms. The number of ether oxygens (including phenoxy) is 1. The number of rotatable bonds is 8. The van der Waals surface area contributed by atoms with Crippen molar-refractivity contribution in [3.05, 3.63) is 127 Å². The molecule has 1 N–H and O–H groups in total. The number of aliphatic hydroxyl groups excluding tert-OH is 1. The molecule has 0 aliphatic carbocycles. The van der Waals surface area contributed by atoms with Crippen LogP contribution < -0.4 is 15.9 Å². The summed E-state index contributed by atoms with van der Waals surface area (Å²) in [6.07, 6.45) is 3.48. The Bertz CT molecular complexity index is 1220. The number of ketones is 1. The fourth-order valence-corrected chi connectivity index (χ4v) is 9.15. The molecule has 5 nitrogen and oxygen atoms in total. The van der Waals surface area contributed by atoms with E-state index in [1.807, 2.05) is 91.0 Å². The lowest BCUT2D eigenvalue weighted by atomic mass is 10.2. The summed E-state index contributed by atoms with van der Waals surface area (Å²) in [4.78, 5) is 26.3.